The Labute approximate surface area is 126 Å². The number of carbonyl (C=O) groups is 1. The molecular weight excluding hydrogens is 268 g/mol. The van der Waals surface area contributed by atoms with Crippen molar-refractivity contribution < 1.29 is 9.53 Å². The van der Waals surface area contributed by atoms with Crippen molar-refractivity contribution in [3.05, 3.63) is 11.6 Å². The summed E-state index contributed by atoms with van der Waals surface area (Å²) < 4.78 is 6.88. The van der Waals surface area contributed by atoms with Crippen LogP contribution in [0.15, 0.2) is 0 Å². The fourth-order valence-electron chi connectivity index (χ4n) is 2.65. The molecule has 118 valence electrons. The second-order valence-corrected chi connectivity index (χ2v) is 6.13. The van der Waals surface area contributed by atoms with E-state index in [4.69, 9.17) is 4.74 Å². The Balaban J connectivity index is 1.81. The topological polar surface area (TPSA) is 69.0 Å². The van der Waals surface area contributed by atoms with Gasteiger partial charge in [0.2, 0.25) is 0 Å². The Morgan fingerprint density at radius 3 is 2.67 bits per heavy atom. The molecule has 21 heavy (non-hydrogen) atoms. The molecule has 0 aliphatic heterocycles. The molecule has 1 saturated carbocycles. The van der Waals surface area contributed by atoms with Crippen molar-refractivity contribution in [1.82, 2.24) is 20.1 Å². The molecule has 1 atom stereocenters. The number of ether oxygens (including phenoxy) is 1. The van der Waals surface area contributed by atoms with Crippen molar-refractivity contribution in [2.75, 3.05) is 7.11 Å². The van der Waals surface area contributed by atoms with Gasteiger partial charge in [-0.3, -0.25) is 14.8 Å². The molecule has 1 aliphatic rings. The third-order valence-corrected chi connectivity index (χ3v) is 4.00. The maximum atomic E-state index is 12.0. The minimum absolute atomic E-state index is 0.165. The summed E-state index contributed by atoms with van der Waals surface area (Å²) in [6.45, 7) is 6.65. The first-order valence-electron chi connectivity index (χ1n) is 7.69. The molecule has 6 heteroatoms. The van der Waals surface area contributed by atoms with Crippen LogP contribution in [0.5, 0.6) is 0 Å². The van der Waals surface area contributed by atoms with Crippen molar-refractivity contribution in [2.45, 2.75) is 71.0 Å². The van der Waals surface area contributed by atoms with Gasteiger partial charge in [-0.2, -0.15) is 5.10 Å². The van der Waals surface area contributed by atoms with Crippen molar-refractivity contribution in [3.8, 4) is 0 Å². The lowest BCUT2D eigenvalue weighted by atomic mass is 9.94. The molecule has 1 N–H and O–H groups in total. The summed E-state index contributed by atoms with van der Waals surface area (Å²) in [7, 11) is 1.46. The van der Waals surface area contributed by atoms with E-state index in [1.54, 1.807) is 0 Å². The standard InChI is InChI=1S/C15H26N4O2/c1-11-16-12(2)19(18-11)10-6-5-9-15(3,14(20)21-4)17-13-7-8-13/h13,17H,5-10H2,1-4H3. The van der Waals surface area contributed by atoms with Gasteiger partial charge in [-0.15, -0.1) is 0 Å². The molecule has 1 aromatic rings. The van der Waals surface area contributed by atoms with Crippen LogP contribution in [0.1, 0.15) is 50.7 Å². The summed E-state index contributed by atoms with van der Waals surface area (Å²) in [5.41, 5.74) is -0.566. The monoisotopic (exact) mass is 294 g/mol. The third-order valence-electron chi connectivity index (χ3n) is 4.00. The number of aryl methyl sites for hydroxylation is 3. The summed E-state index contributed by atoms with van der Waals surface area (Å²) >= 11 is 0. The second kappa shape index (κ2) is 6.56. The van der Waals surface area contributed by atoms with Crippen LogP contribution >= 0.6 is 0 Å². The van der Waals surface area contributed by atoms with Crippen LogP contribution in [-0.2, 0) is 16.1 Å². The summed E-state index contributed by atoms with van der Waals surface area (Å²) in [6.07, 6.45) is 5.02. The maximum Gasteiger partial charge on any atom is 0.325 e. The van der Waals surface area contributed by atoms with Gasteiger partial charge in [0.25, 0.3) is 0 Å². The molecular formula is C15H26N4O2. The number of nitrogens with one attached hydrogen (secondary N) is 1. The van der Waals surface area contributed by atoms with E-state index >= 15 is 0 Å². The lowest BCUT2D eigenvalue weighted by Gasteiger charge is -2.28. The lowest BCUT2D eigenvalue weighted by Crippen LogP contribution is -2.51. The van der Waals surface area contributed by atoms with Crippen molar-refractivity contribution in [3.63, 3.8) is 0 Å². The first-order valence-corrected chi connectivity index (χ1v) is 7.69. The Kier molecular flexibility index (Phi) is 4.98. The molecule has 0 aromatic carbocycles. The van der Waals surface area contributed by atoms with E-state index in [1.807, 2.05) is 25.5 Å². The number of esters is 1. The van der Waals surface area contributed by atoms with E-state index in [2.05, 4.69) is 15.4 Å². The van der Waals surface area contributed by atoms with Gasteiger partial charge >= 0.3 is 5.97 Å². The van der Waals surface area contributed by atoms with Gasteiger partial charge in [0, 0.05) is 12.6 Å². The average molecular weight is 294 g/mol. The molecule has 0 saturated heterocycles. The van der Waals surface area contributed by atoms with Crippen LogP contribution in [0.4, 0.5) is 0 Å². The summed E-state index contributed by atoms with van der Waals surface area (Å²) in [5.74, 6) is 1.59. The fraction of sp³-hybridized carbons (Fsp3) is 0.800. The number of rotatable bonds is 8. The Morgan fingerprint density at radius 1 is 1.43 bits per heavy atom. The minimum Gasteiger partial charge on any atom is -0.468 e. The minimum atomic E-state index is -0.566. The van der Waals surface area contributed by atoms with Gasteiger partial charge in [0.1, 0.15) is 17.2 Å². The highest BCUT2D eigenvalue weighted by Crippen LogP contribution is 2.26. The molecule has 0 radical (unpaired) electrons. The quantitative estimate of drug-likeness (QED) is 0.584. The van der Waals surface area contributed by atoms with E-state index < -0.39 is 5.54 Å². The Bertz CT molecular complexity index is 496. The van der Waals surface area contributed by atoms with E-state index in [9.17, 15) is 4.79 Å². The summed E-state index contributed by atoms with van der Waals surface area (Å²) in [6, 6.07) is 0.481. The predicted octanol–water partition coefficient (Wildman–Crippen LogP) is 1.75. The van der Waals surface area contributed by atoms with E-state index in [1.165, 1.54) is 7.11 Å². The zero-order valence-corrected chi connectivity index (χ0v) is 13.5. The molecule has 0 bridgehead atoms. The largest absolute Gasteiger partial charge is 0.468 e. The summed E-state index contributed by atoms with van der Waals surface area (Å²) in [5, 5.41) is 7.78. The lowest BCUT2D eigenvalue weighted by molar-refractivity contribution is -0.148. The van der Waals surface area contributed by atoms with Gasteiger partial charge in [0.15, 0.2) is 0 Å². The van der Waals surface area contributed by atoms with Crippen LogP contribution in [-0.4, -0.2) is 39.4 Å². The Morgan fingerprint density at radius 2 is 2.14 bits per heavy atom. The molecule has 1 fully saturated rings. The predicted molar refractivity (Wildman–Crippen MR) is 79.9 cm³/mol. The highest BCUT2D eigenvalue weighted by molar-refractivity contribution is 5.80. The molecule has 1 aromatic heterocycles. The first-order chi connectivity index (χ1) is 9.94. The van der Waals surface area contributed by atoms with Gasteiger partial charge < -0.3 is 4.74 Å². The fourth-order valence-corrected chi connectivity index (χ4v) is 2.65. The number of carbonyl (C=O) groups excluding carboxylic acids is 1. The zero-order valence-electron chi connectivity index (χ0n) is 13.5. The highest BCUT2D eigenvalue weighted by Gasteiger charge is 2.38. The third kappa shape index (κ3) is 4.27. The number of aromatic nitrogens is 3. The number of hydrogen-bond acceptors (Lipinski definition) is 5. The van der Waals surface area contributed by atoms with E-state index in [-0.39, 0.29) is 5.97 Å². The van der Waals surface area contributed by atoms with Gasteiger partial charge in [-0.05, 0) is 52.9 Å². The summed E-state index contributed by atoms with van der Waals surface area (Å²) in [4.78, 5) is 16.3. The van der Waals surface area contributed by atoms with Crippen LogP contribution in [0.2, 0.25) is 0 Å². The number of unbranched alkanes of at least 4 members (excludes halogenated alkanes) is 1. The van der Waals surface area contributed by atoms with Gasteiger partial charge in [0.05, 0.1) is 7.11 Å². The normalized spacial score (nSPS) is 17.5. The number of hydrogen-bond donors (Lipinski definition) is 1. The van der Waals surface area contributed by atoms with Crippen LogP contribution in [0, 0.1) is 13.8 Å². The van der Waals surface area contributed by atoms with Crippen molar-refractivity contribution in [2.24, 2.45) is 0 Å². The molecule has 2 rings (SSSR count). The van der Waals surface area contributed by atoms with Gasteiger partial charge in [-0.25, -0.2) is 4.98 Å². The van der Waals surface area contributed by atoms with Crippen molar-refractivity contribution in [1.29, 1.82) is 0 Å². The molecule has 0 spiro atoms. The zero-order chi connectivity index (χ0) is 15.5. The molecule has 1 heterocycles. The molecule has 1 aliphatic carbocycles. The van der Waals surface area contributed by atoms with Gasteiger partial charge in [-0.1, -0.05) is 0 Å². The van der Waals surface area contributed by atoms with Crippen LogP contribution in [0.25, 0.3) is 0 Å². The van der Waals surface area contributed by atoms with Crippen molar-refractivity contribution >= 4 is 5.97 Å². The highest BCUT2D eigenvalue weighted by atomic mass is 16.5. The Hall–Kier alpha value is -1.43. The first kappa shape index (κ1) is 15.9. The number of methoxy groups -OCH3 is 1. The number of nitrogens with zero attached hydrogens (tertiary/aromatic N) is 3. The van der Waals surface area contributed by atoms with E-state index in [0.717, 1.165) is 50.3 Å². The van der Waals surface area contributed by atoms with E-state index in [0.29, 0.717) is 6.04 Å². The molecule has 1 unspecified atom stereocenters. The smallest absolute Gasteiger partial charge is 0.325 e. The average Bonchev–Trinajstić information content (AvgIpc) is 3.18. The van der Waals surface area contributed by atoms with Crippen LogP contribution in [0.3, 0.4) is 0 Å². The molecule has 0 amide bonds. The SMILES string of the molecule is COC(=O)C(C)(CCCCn1nc(C)nc1C)NC1CC1. The molecule has 6 nitrogen and oxygen atoms in total. The maximum absolute atomic E-state index is 12.0. The van der Waals surface area contributed by atoms with Crippen LogP contribution < -0.4 is 5.32 Å². The second-order valence-electron chi connectivity index (χ2n) is 6.13.